The number of benzene rings is 1. The smallest absolute Gasteiger partial charge is 0.246 e. The summed E-state index contributed by atoms with van der Waals surface area (Å²) in [4.78, 5) is 14.3. The molecule has 0 saturated heterocycles. The predicted molar refractivity (Wildman–Crippen MR) is 89.3 cm³/mol. The fourth-order valence-corrected chi connectivity index (χ4v) is 3.01. The summed E-state index contributed by atoms with van der Waals surface area (Å²) in [5.74, 6) is 0.00482. The van der Waals surface area contributed by atoms with E-state index in [1.165, 1.54) is 0 Å². The van der Waals surface area contributed by atoms with Gasteiger partial charge in [-0.1, -0.05) is 25.4 Å². The van der Waals surface area contributed by atoms with Gasteiger partial charge >= 0.3 is 0 Å². The van der Waals surface area contributed by atoms with Gasteiger partial charge in [0, 0.05) is 24.3 Å². The molecule has 0 radical (unpaired) electrons. The van der Waals surface area contributed by atoms with E-state index in [1.54, 1.807) is 0 Å². The average Bonchev–Trinajstić information content (AvgIpc) is 2.77. The van der Waals surface area contributed by atoms with Crippen LogP contribution in [-0.2, 0) is 4.79 Å². The van der Waals surface area contributed by atoms with Crippen LogP contribution in [0.4, 0.5) is 11.4 Å². The molecular weight excluding hydrogens is 286 g/mol. The van der Waals surface area contributed by atoms with Crippen molar-refractivity contribution in [1.82, 2.24) is 5.32 Å². The lowest BCUT2D eigenvalue weighted by Gasteiger charge is -2.24. The zero-order valence-electron chi connectivity index (χ0n) is 13.0. The molecule has 0 aromatic heterocycles. The van der Waals surface area contributed by atoms with Gasteiger partial charge in [-0.25, -0.2) is 0 Å². The van der Waals surface area contributed by atoms with Gasteiger partial charge in [0.2, 0.25) is 5.91 Å². The van der Waals surface area contributed by atoms with Crippen molar-refractivity contribution in [3.63, 3.8) is 0 Å². The van der Waals surface area contributed by atoms with Gasteiger partial charge < -0.3 is 15.5 Å². The van der Waals surface area contributed by atoms with Gasteiger partial charge in [0.25, 0.3) is 0 Å². The fraction of sp³-hybridized carbons (Fsp3) is 0.562. The molecule has 5 heteroatoms. The van der Waals surface area contributed by atoms with E-state index >= 15 is 0 Å². The van der Waals surface area contributed by atoms with Crippen molar-refractivity contribution in [3.8, 4) is 0 Å². The van der Waals surface area contributed by atoms with Crippen LogP contribution in [0, 0.1) is 0 Å². The van der Waals surface area contributed by atoms with Gasteiger partial charge in [-0.05, 0) is 38.4 Å². The topological polar surface area (TPSA) is 44.4 Å². The molecule has 4 nitrogen and oxygen atoms in total. The van der Waals surface area contributed by atoms with Crippen molar-refractivity contribution < 1.29 is 4.79 Å². The lowest BCUT2D eigenvalue weighted by atomic mass is 10.1. The van der Waals surface area contributed by atoms with Crippen LogP contribution in [0.3, 0.4) is 0 Å². The summed E-state index contributed by atoms with van der Waals surface area (Å²) >= 11 is 6.46. The molecule has 1 heterocycles. The summed E-state index contributed by atoms with van der Waals surface area (Å²) in [6.45, 7) is 9.02. The van der Waals surface area contributed by atoms with Gasteiger partial charge in [-0.15, -0.1) is 0 Å². The maximum atomic E-state index is 12.1. The fourth-order valence-electron chi connectivity index (χ4n) is 2.72. The average molecular weight is 310 g/mol. The van der Waals surface area contributed by atoms with E-state index in [1.807, 2.05) is 12.1 Å². The maximum Gasteiger partial charge on any atom is 0.246 e. The third-order valence-corrected chi connectivity index (χ3v) is 4.07. The van der Waals surface area contributed by atoms with E-state index in [-0.39, 0.29) is 11.9 Å². The monoisotopic (exact) mass is 309 g/mol. The Morgan fingerprint density at radius 2 is 2.05 bits per heavy atom. The molecule has 21 heavy (non-hydrogen) atoms. The Hall–Kier alpha value is -1.26. The van der Waals surface area contributed by atoms with Crippen LogP contribution in [0.2, 0.25) is 5.02 Å². The second-order valence-corrected chi connectivity index (χ2v) is 5.75. The Labute approximate surface area is 131 Å². The first-order valence-electron chi connectivity index (χ1n) is 7.74. The third kappa shape index (κ3) is 3.33. The lowest BCUT2D eigenvalue weighted by molar-refractivity contribution is -0.117. The van der Waals surface area contributed by atoms with Crippen LogP contribution < -0.4 is 15.5 Å². The molecule has 0 aliphatic carbocycles. The quantitative estimate of drug-likeness (QED) is 0.809. The first kappa shape index (κ1) is 16.1. The van der Waals surface area contributed by atoms with Crippen LogP contribution >= 0.6 is 11.6 Å². The second kappa shape index (κ2) is 7.14. The number of hydrogen-bond donors (Lipinski definition) is 2. The minimum absolute atomic E-state index is 0.00482. The number of nitrogens with zero attached hydrogens (tertiary/aromatic N) is 1. The number of anilines is 2. The maximum absolute atomic E-state index is 12.1. The van der Waals surface area contributed by atoms with E-state index < -0.39 is 0 Å². The normalized spacial score (nSPS) is 16.8. The second-order valence-electron chi connectivity index (χ2n) is 5.35. The van der Waals surface area contributed by atoms with Crippen molar-refractivity contribution >= 4 is 28.9 Å². The standard InChI is InChI=1S/C16H24ClN3O/c1-4-7-18-15-11-9-12(17)14(20(6-3)8-5-2)10-13(11)19-16(15)21/h9-10,15,18H,4-8H2,1-3H3,(H,19,21). The largest absolute Gasteiger partial charge is 0.371 e. The molecule has 1 atom stereocenters. The molecule has 1 aliphatic heterocycles. The molecule has 0 bridgehead atoms. The highest BCUT2D eigenvalue weighted by atomic mass is 35.5. The van der Waals surface area contributed by atoms with Crippen molar-refractivity contribution in [3.05, 3.63) is 22.7 Å². The summed E-state index contributed by atoms with van der Waals surface area (Å²) in [6, 6.07) is 3.64. The molecule has 1 aliphatic rings. The number of carbonyl (C=O) groups excluding carboxylic acids is 1. The van der Waals surface area contributed by atoms with Crippen LogP contribution in [-0.4, -0.2) is 25.5 Å². The van der Waals surface area contributed by atoms with Crippen molar-refractivity contribution in [2.75, 3.05) is 29.9 Å². The number of rotatable bonds is 7. The minimum atomic E-state index is -0.284. The van der Waals surface area contributed by atoms with Gasteiger partial charge in [0.1, 0.15) is 6.04 Å². The number of hydrogen-bond acceptors (Lipinski definition) is 3. The number of carbonyl (C=O) groups is 1. The summed E-state index contributed by atoms with van der Waals surface area (Å²) in [5.41, 5.74) is 2.83. The zero-order chi connectivity index (χ0) is 15.4. The van der Waals surface area contributed by atoms with E-state index in [2.05, 4.69) is 36.3 Å². The lowest BCUT2D eigenvalue weighted by Crippen LogP contribution is -2.28. The third-order valence-electron chi connectivity index (χ3n) is 3.76. The zero-order valence-corrected chi connectivity index (χ0v) is 13.8. The predicted octanol–water partition coefficient (Wildman–Crippen LogP) is 3.57. The summed E-state index contributed by atoms with van der Waals surface area (Å²) in [5, 5.41) is 6.94. The minimum Gasteiger partial charge on any atom is -0.371 e. The SMILES string of the molecule is CCCNC1C(=O)Nc2cc(N(CC)CCC)c(Cl)cc21. The molecule has 2 N–H and O–H groups in total. The Morgan fingerprint density at radius 3 is 2.67 bits per heavy atom. The van der Waals surface area contributed by atoms with Crippen LogP contribution in [0.1, 0.15) is 45.2 Å². The molecule has 1 aromatic carbocycles. The van der Waals surface area contributed by atoms with E-state index in [0.717, 1.165) is 49.4 Å². The number of fused-ring (bicyclic) bond motifs is 1. The summed E-state index contributed by atoms with van der Waals surface area (Å²) in [7, 11) is 0. The number of nitrogens with one attached hydrogen (secondary N) is 2. The van der Waals surface area contributed by atoms with Crippen molar-refractivity contribution in [1.29, 1.82) is 0 Å². The van der Waals surface area contributed by atoms with Crippen LogP contribution in [0.25, 0.3) is 0 Å². The van der Waals surface area contributed by atoms with Gasteiger partial charge in [0.05, 0.1) is 10.7 Å². The molecule has 0 saturated carbocycles. The van der Waals surface area contributed by atoms with Crippen LogP contribution in [0.5, 0.6) is 0 Å². The highest BCUT2D eigenvalue weighted by Gasteiger charge is 2.31. The first-order valence-corrected chi connectivity index (χ1v) is 8.12. The molecule has 0 spiro atoms. The van der Waals surface area contributed by atoms with Crippen molar-refractivity contribution in [2.24, 2.45) is 0 Å². The Bertz CT molecular complexity index is 518. The van der Waals surface area contributed by atoms with Gasteiger partial charge in [-0.3, -0.25) is 4.79 Å². The molecule has 1 unspecified atom stereocenters. The summed E-state index contributed by atoms with van der Waals surface area (Å²) in [6.07, 6.45) is 2.05. The van der Waals surface area contributed by atoms with Crippen molar-refractivity contribution in [2.45, 2.75) is 39.7 Å². The Kier molecular flexibility index (Phi) is 5.48. The summed E-state index contributed by atoms with van der Waals surface area (Å²) < 4.78 is 0. The Balaban J connectivity index is 2.32. The molecule has 0 fully saturated rings. The van der Waals surface area contributed by atoms with Gasteiger partial charge in [0.15, 0.2) is 0 Å². The van der Waals surface area contributed by atoms with Gasteiger partial charge in [-0.2, -0.15) is 0 Å². The number of halogens is 1. The first-order chi connectivity index (χ1) is 10.1. The molecule has 1 aromatic rings. The van der Waals surface area contributed by atoms with E-state index in [9.17, 15) is 4.79 Å². The molecular formula is C16H24ClN3O. The van der Waals surface area contributed by atoms with Crippen LogP contribution in [0.15, 0.2) is 12.1 Å². The molecule has 1 amide bonds. The highest BCUT2D eigenvalue weighted by Crippen LogP contribution is 2.39. The molecule has 116 valence electrons. The highest BCUT2D eigenvalue weighted by molar-refractivity contribution is 6.33. The van der Waals surface area contributed by atoms with E-state index in [4.69, 9.17) is 11.6 Å². The molecule has 2 rings (SSSR count). The van der Waals surface area contributed by atoms with E-state index in [0.29, 0.717) is 5.02 Å². The number of amides is 1. The Morgan fingerprint density at radius 1 is 1.29 bits per heavy atom.